The summed E-state index contributed by atoms with van der Waals surface area (Å²) >= 11 is 5.69. The first-order chi connectivity index (χ1) is 11.4. The van der Waals surface area contributed by atoms with Crippen molar-refractivity contribution >= 4 is 23.0 Å². The van der Waals surface area contributed by atoms with Crippen LogP contribution in [0, 0.1) is 20.8 Å². The van der Waals surface area contributed by atoms with E-state index in [2.05, 4.69) is 57.1 Å². The third-order valence-electron chi connectivity index (χ3n) is 5.31. The second-order valence-corrected chi connectivity index (χ2v) is 7.80. The molecule has 1 aliphatic rings. The highest BCUT2D eigenvalue weighted by Crippen LogP contribution is 2.23. The highest BCUT2D eigenvalue weighted by atomic mass is 32.1. The van der Waals surface area contributed by atoms with Crippen molar-refractivity contribution in [3.63, 3.8) is 0 Å². The van der Waals surface area contributed by atoms with Crippen LogP contribution in [0.25, 0.3) is 0 Å². The van der Waals surface area contributed by atoms with Gasteiger partial charge in [0.15, 0.2) is 5.11 Å². The molecule has 0 saturated carbocycles. The van der Waals surface area contributed by atoms with Crippen LogP contribution in [0.15, 0.2) is 12.1 Å². The number of unbranched alkanes of at least 4 members (excludes halogenated alkanes) is 1. The zero-order valence-electron chi connectivity index (χ0n) is 16.0. The predicted molar refractivity (Wildman–Crippen MR) is 108 cm³/mol. The van der Waals surface area contributed by atoms with Crippen LogP contribution in [0.4, 0.5) is 5.69 Å². The summed E-state index contributed by atoms with van der Waals surface area (Å²) in [5, 5.41) is 4.39. The average molecular weight is 349 g/mol. The van der Waals surface area contributed by atoms with Gasteiger partial charge < -0.3 is 15.1 Å². The lowest BCUT2D eigenvalue weighted by Gasteiger charge is -2.36. The average Bonchev–Trinajstić information content (AvgIpc) is 2.55. The van der Waals surface area contributed by atoms with Crippen LogP contribution < -0.4 is 10.2 Å². The second kappa shape index (κ2) is 8.82. The quantitative estimate of drug-likeness (QED) is 0.798. The Morgan fingerprint density at radius 1 is 1.21 bits per heavy atom. The van der Waals surface area contributed by atoms with Crippen LogP contribution in [0.2, 0.25) is 0 Å². The molecule has 1 aliphatic heterocycles. The Morgan fingerprint density at radius 3 is 2.33 bits per heavy atom. The molecule has 1 unspecified atom stereocenters. The molecule has 0 spiro atoms. The molecule has 1 fully saturated rings. The van der Waals surface area contributed by atoms with E-state index in [1.165, 1.54) is 54.6 Å². The van der Waals surface area contributed by atoms with E-state index in [0.717, 1.165) is 24.2 Å². The Hall–Kier alpha value is -1.13. The Labute approximate surface area is 153 Å². The van der Waals surface area contributed by atoms with Crippen LogP contribution in [0.5, 0.6) is 0 Å². The van der Waals surface area contributed by atoms with E-state index in [1.807, 2.05) is 0 Å². The molecule has 3 nitrogen and oxygen atoms in total. The Bertz CT molecular complexity index is 539. The molecule has 4 heteroatoms. The van der Waals surface area contributed by atoms with Crippen molar-refractivity contribution < 1.29 is 4.90 Å². The minimum absolute atomic E-state index is 0.790. The van der Waals surface area contributed by atoms with Gasteiger partial charge in [-0.25, -0.2) is 0 Å². The molecule has 0 bridgehead atoms. The molecule has 24 heavy (non-hydrogen) atoms. The standard InChI is InChI=1S/C20H33N3S/c1-6-7-10-22(5)18-8-11-23(12-9-18)20(24)21-19-16(3)13-15(2)14-17(19)4/h13-14,18H,6-12H2,1-5H3,(H,21,24)/p+1. The van der Waals surface area contributed by atoms with E-state index in [-0.39, 0.29) is 0 Å². The van der Waals surface area contributed by atoms with Crippen LogP contribution in [0.1, 0.15) is 49.3 Å². The highest BCUT2D eigenvalue weighted by molar-refractivity contribution is 7.80. The van der Waals surface area contributed by atoms with Crippen molar-refractivity contribution in [2.24, 2.45) is 0 Å². The van der Waals surface area contributed by atoms with E-state index < -0.39 is 0 Å². The summed E-state index contributed by atoms with van der Waals surface area (Å²) in [6.07, 6.45) is 5.10. The summed E-state index contributed by atoms with van der Waals surface area (Å²) < 4.78 is 0. The number of aryl methyl sites for hydroxylation is 3. The number of nitrogens with zero attached hydrogens (tertiary/aromatic N) is 1. The molecular weight excluding hydrogens is 314 g/mol. The van der Waals surface area contributed by atoms with Gasteiger partial charge in [-0.15, -0.1) is 0 Å². The lowest BCUT2D eigenvalue weighted by Crippen LogP contribution is -3.13. The fourth-order valence-corrected chi connectivity index (χ4v) is 4.08. The zero-order valence-corrected chi connectivity index (χ0v) is 16.9. The van der Waals surface area contributed by atoms with Crippen molar-refractivity contribution in [3.8, 4) is 0 Å². The van der Waals surface area contributed by atoms with E-state index >= 15 is 0 Å². The second-order valence-electron chi connectivity index (χ2n) is 7.42. The molecule has 134 valence electrons. The highest BCUT2D eigenvalue weighted by Gasteiger charge is 2.26. The zero-order chi connectivity index (χ0) is 17.7. The van der Waals surface area contributed by atoms with Gasteiger partial charge >= 0.3 is 0 Å². The molecule has 1 saturated heterocycles. The maximum Gasteiger partial charge on any atom is 0.173 e. The summed E-state index contributed by atoms with van der Waals surface area (Å²) in [5.41, 5.74) is 5.03. The molecule has 1 heterocycles. The number of thiocarbonyl (C=S) groups is 1. The normalized spacial score (nSPS) is 17.0. The molecular formula is C20H34N3S+. The van der Waals surface area contributed by atoms with Crippen LogP contribution >= 0.6 is 12.2 Å². The Morgan fingerprint density at radius 2 is 1.79 bits per heavy atom. The number of rotatable bonds is 5. The Kier molecular flexibility index (Phi) is 7.05. The molecule has 0 aliphatic carbocycles. The van der Waals surface area contributed by atoms with Gasteiger partial charge in [-0.3, -0.25) is 0 Å². The number of benzene rings is 1. The predicted octanol–water partition coefficient (Wildman–Crippen LogP) is 3.09. The number of piperidine rings is 1. The van der Waals surface area contributed by atoms with Crippen molar-refractivity contribution in [2.75, 3.05) is 32.0 Å². The lowest BCUT2D eigenvalue weighted by atomic mass is 10.0. The van der Waals surface area contributed by atoms with Crippen molar-refractivity contribution in [1.82, 2.24) is 4.90 Å². The van der Waals surface area contributed by atoms with Crippen molar-refractivity contribution in [2.45, 2.75) is 59.4 Å². The van der Waals surface area contributed by atoms with E-state index in [9.17, 15) is 0 Å². The number of likely N-dealkylation sites (tertiary alicyclic amines) is 1. The monoisotopic (exact) mass is 348 g/mol. The number of quaternary nitrogens is 1. The molecule has 2 rings (SSSR count). The molecule has 1 aromatic carbocycles. The summed E-state index contributed by atoms with van der Waals surface area (Å²) in [6, 6.07) is 5.23. The summed E-state index contributed by atoms with van der Waals surface area (Å²) in [5.74, 6) is 0. The Balaban J connectivity index is 1.89. The number of hydrogen-bond donors (Lipinski definition) is 2. The van der Waals surface area contributed by atoms with E-state index in [0.29, 0.717) is 0 Å². The van der Waals surface area contributed by atoms with Gasteiger partial charge in [0.1, 0.15) is 0 Å². The van der Waals surface area contributed by atoms with Crippen LogP contribution in [0.3, 0.4) is 0 Å². The van der Waals surface area contributed by atoms with E-state index in [4.69, 9.17) is 12.2 Å². The van der Waals surface area contributed by atoms with Crippen LogP contribution in [-0.2, 0) is 0 Å². The van der Waals surface area contributed by atoms with Crippen molar-refractivity contribution in [1.29, 1.82) is 0 Å². The first-order valence-electron chi connectivity index (χ1n) is 9.38. The third kappa shape index (κ3) is 4.93. The molecule has 0 radical (unpaired) electrons. The van der Waals surface area contributed by atoms with Gasteiger partial charge in [0.25, 0.3) is 0 Å². The summed E-state index contributed by atoms with van der Waals surface area (Å²) in [7, 11) is 2.35. The fraction of sp³-hybridized carbons (Fsp3) is 0.650. The van der Waals surface area contributed by atoms with Crippen LogP contribution in [-0.4, -0.2) is 42.7 Å². The number of hydrogen-bond acceptors (Lipinski definition) is 1. The van der Waals surface area contributed by atoms with Gasteiger partial charge in [0.2, 0.25) is 0 Å². The fourth-order valence-electron chi connectivity index (χ4n) is 3.80. The largest absolute Gasteiger partial charge is 0.349 e. The summed E-state index contributed by atoms with van der Waals surface area (Å²) in [4.78, 5) is 4.04. The topological polar surface area (TPSA) is 19.7 Å². The smallest absolute Gasteiger partial charge is 0.173 e. The first-order valence-corrected chi connectivity index (χ1v) is 9.79. The number of nitrogens with one attached hydrogen (secondary N) is 2. The molecule has 1 atom stereocenters. The third-order valence-corrected chi connectivity index (χ3v) is 5.67. The van der Waals surface area contributed by atoms with Gasteiger partial charge in [0.05, 0.1) is 19.6 Å². The minimum Gasteiger partial charge on any atom is -0.349 e. The number of anilines is 1. The summed E-state index contributed by atoms with van der Waals surface area (Å²) in [6.45, 7) is 12.2. The van der Waals surface area contributed by atoms with E-state index in [1.54, 1.807) is 4.90 Å². The SMILES string of the molecule is CCCC[NH+](C)C1CCN(C(=S)Nc2c(C)cc(C)cc2C)CC1. The van der Waals surface area contributed by atoms with Gasteiger partial charge in [0, 0.05) is 31.6 Å². The van der Waals surface area contributed by atoms with Gasteiger partial charge in [-0.05, 0) is 50.5 Å². The molecule has 2 N–H and O–H groups in total. The lowest BCUT2D eigenvalue weighted by molar-refractivity contribution is -0.907. The molecule has 0 aromatic heterocycles. The molecule has 1 aromatic rings. The van der Waals surface area contributed by atoms with Gasteiger partial charge in [-0.2, -0.15) is 0 Å². The minimum atomic E-state index is 0.790. The molecule has 0 amide bonds. The first kappa shape index (κ1) is 19.2. The maximum atomic E-state index is 5.69. The van der Waals surface area contributed by atoms with Gasteiger partial charge in [-0.1, -0.05) is 31.0 Å². The maximum absolute atomic E-state index is 5.69. The van der Waals surface area contributed by atoms with Crippen molar-refractivity contribution in [3.05, 3.63) is 28.8 Å².